The number of nitrogens with zero attached hydrogens (tertiary/aromatic N) is 2. The predicted molar refractivity (Wildman–Crippen MR) is 97.1 cm³/mol. The molecule has 1 amide bonds. The van der Waals surface area contributed by atoms with Gasteiger partial charge in [-0.3, -0.25) is 4.79 Å². The van der Waals surface area contributed by atoms with Crippen LogP contribution in [0.5, 0.6) is 0 Å². The van der Waals surface area contributed by atoms with E-state index in [0.29, 0.717) is 13.1 Å². The molecule has 1 heterocycles. The Labute approximate surface area is 150 Å². The molecule has 1 N–H and O–H groups in total. The van der Waals surface area contributed by atoms with Gasteiger partial charge in [0.05, 0.1) is 17.9 Å². The van der Waals surface area contributed by atoms with Crippen LogP contribution in [0.15, 0.2) is 29.2 Å². The Kier molecular flexibility index (Phi) is 6.24. The molecule has 6 nitrogen and oxygen atoms in total. The second kappa shape index (κ2) is 7.85. The van der Waals surface area contributed by atoms with E-state index >= 15 is 0 Å². The standard InChI is InChI=1S/C18H28N2O4S/c1-19(2)12-18(14-21)9-4-10-20(13-18)17(22)11-15-5-7-16(8-6-15)25(3,23)24/h5-8,21H,4,9-14H2,1-3H3/t18-/m1/s1. The average Bonchev–Trinajstić information content (AvgIpc) is 2.54. The monoisotopic (exact) mass is 368 g/mol. The number of piperidine rings is 1. The number of aliphatic hydroxyl groups excluding tert-OH is 1. The highest BCUT2D eigenvalue weighted by atomic mass is 32.2. The fraction of sp³-hybridized carbons (Fsp3) is 0.611. The van der Waals surface area contributed by atoms with Gasteiger partial charge in [0.1, 0.15) is 0 Å². The number of likely N-dealkylation sites (tertiary alicyclic amines) is 1. The first kappa shape index (κ1) is 19.9. The van der Waals surface area contributed by atoms with E-state index in [1.807, 2.05) is 23.9 Å². The summed E-state index contributed by atoms with van der Waals surface area (Å²) >= 11 is 0. The second-order valence-electron chi connectivity index (χ2n) is 7.41. The summed E-state index contributed by atoms with van der Waals surface area (Å²) in [5.74, 6) is 0.0170. The summed E-state index contributed by atoms with van der Waals surface area (Å²) in [7, 11) is 0.721. The maximum Gasteiger partial charge on any atom is 0.227 e. The lowest BCUT2D eigenvalue weighted by Gasteiger charge is -2.43. The van der Waals surface area contributed by atoms with Crippen LogP contribution >= 0.6 is 0 Å². The number of aliphatic hydroxyl groups is 1. The van der Waals surface area contributed by atoms with Crippen molar-refractivity contribution in [2.75, 3.05) is 46.6 Å². The van der Waals surface area contributed by atoms with Gasteiger partial charge in [-0.25, -0.2) is 8.42 Å². The number of carbonyl (C=O) groups is 1. The number of benzene rings is 1. The van der Waals surface area contributed by atoms with Gasteiger partial charge in [-0.1, -0.05) is 12.1 Å². The van der Waals surface area contributed by atoms with Crippen molar-refractivity contribution in [3.63, 3.8) is 0 Å². The zero-order valence-electron chi connectivity index (χ0n) is 15.2. The molecular weight excluding hydrogens is 340 g/mol. The lowest BCUT2D eigenvalue weighted by molar-refractivity contribution is -0.135. The van der Waals surface area contributed by atoms with Crippen molar-refractivity contribution in [1.29, 1.82) is 0 Å². The van der Waals surface area contributed by atoms with Crippen LogP contribution in [0.3, 0.4) is 0 Å². The topological polar surface area (TPSA) is 77.9 Å². The zero-order valence-corrected chi connectivity index (χ0v) is 16.1. The number of rotatable bonds is 6. The van der Waals surface area contributed by atoms with Crippen molar-refractivity contribution in [2.24, 2.45) is 5.41 Å². The second-order valence-corrected chi connectivity index (χ2v) is 9.42. The van der Waals surface area contributed by atoms with Crippen LogP contribution in [0, 0.1) is 5.41 Å². The van der Waals surface area contributed by atoms with Gasteiger partial charge >= 0.3 is 0 Å². The number of amides is 1. The normalized spacial score (nSPS) is 21.6. The quantitative estimate of drug-likeness (QED) is 0.803. The maximum absolute atomic E-state index is 12.7. The molecule has 0 unspecified atom stereocenters. The number of hydrogen-bond acceptors (Lipinski definition) is 5. The van der Waals surface area contributed by atoms with Crippen LogP contribution in [0.25, 0.3) is 0 Å². The molecule has 25 heavy (non-hydrogen) atoms. The van der Waals surface area contributed by atoms with E-state index in [0.717, 1.165) is 24.9 Å². The minimum Gasteiger partial charge on any atom is -0.396 e. The molecule has 1 aliphatic rings. The minimum absolute atomic E-state index is 0.0170. The van der Waals surface area contributed by atoms with Crippen LogP contribution < -0.4 is 0 Å². The van der Waals surface area contributed by atoms with Gasteiger partial charge < -0.3 is 14.9 Å². The summed E-state index contributed by atoms with van der Waals surface area (Å²) in [6, 6.07) is 6.46. The molecule has 0 saturated carbocycles. The molecule has 0 radical (unpaired) electrons. The highest BCUT2D eigenvalue weighted by Gasteiger charge is 2.37. The van der Waals surface area contributed by atoms with E-state index < -0.39 is 9.84 Å². The third-order valence-corrected chi connectivity index (χ3v) is 5.84. The lowest BCUT2D eigenvalue weighted by Crippen LogP contribution is -2.52. The lowest BCUT2D eigenvalue weighted by atomic mass is 9.80. The molecule has 1 aliphatic heterocycles. The third-order valence-electron chi connectivity index (χ3n) is 4.71. The van der Waals surface area contributed by atoms with Crippen molar-refractivity contribution >= 4 is 15.7 Å². The summed E-state index contributed by atoms with van der Waals surface area (Å²) in [6.07, 6.45) is 3.20. The van der Waals surface area contributed by atoms with Gasteiger partial charge in [-0.2, -0.15) is 0 Å². The third kappa shape index (κ3) is 5.26. The van der Waals surface area contributed by atoms with E-state index in [9.17, 15) is 18.3 Å². The van der Waals surface area contributed by atoms with E-state index in [-0.39, 0.29) is 29.2 Å². The smallest absolute Gasteiger partial charge is 0.227 e. The van der Waals surface area contributed by atoms with E-state index in [1.165, 1.54) is 18.4 Å². The molecule has 0 bridgehead atoms. The van der Waals surface area contributed by atoms with Crippen LogP contribution in [-0.2, 0) is 21.1 Å². The van der Waals surface area contributed by atoms with E-state index in [2.05, 4.69) is 0 Å². The summed E-state index contributed by atoms with van der Waals surface area (Å²) in [4.78, 5) is 16.8. The number of carbonyl (C=O) groups excluding carboxylic acids is 1. The summed E-state index contributed by atoms with van der Waals surface area (Å²) in [5, 5.41) is 9.86. The van der Waals surface area contributed by atoms with Gasteiger partial charge in [-0.05, 0) is 44.6 Å². The molecular formula is C18H28N2O4S. The summed E-state index contributed by atoms with van der Waals surface area (Å²) in [5.41, 5.74) is 0.530. The first-order valence-electron chi connectivity index (χ1n) is 8.48. The fourth-order valence-corrected chi connectivity index (χ4v) is 4.17. The Hall–Kier alpha value is -1.44. The Bertz CT molecular complexity index is 700. The Morgan fingerprint density at radius 2 is 1.92 bits per heavy atom. The molecule has 1 atom stereocenters. The largest absolute Gasteiger partial charge is 0.396 e. The molecule has 1 fully saturated rings. The van der Waals surface area contributed by atoms with Crippen LogP contribution in [0.2, 0.25) is 0 Å². The molecule has 1 saturated heterocycles. The van der Waals surface area contributed by atoms with Gasteiger partial charge in [0.2, 0.25) is 5.91 Å². The molecule has 1 aromatic carbocycles. The maximum atomic E-state index is 12.7. The van der Waals surface area contributed by atoms with Crippen LogP contribution in [0.1, 0.15) is 18.4 Å². The van der Waals surface area contributed by atoms with Crippen molar-refractivity contribution in [1.82, 2.24) is 9.80 Å². The summed E-state index contributed by atoms with van der Waals surface area (Å²) < 4.78 is 23.0. The highest BCUT2D eigenvalue weighted by Crippen LogP contribution is 2.30. The molecule has 2 rings (SSSR count). The van der Waals surface area contributed by atoms with E-state index in [1.54, 1.807) is 12.1 Å². The van der Waals surface area contributed by atoms with Crippen LogP contribution in [-0.4, -0.2) is 75.8 Å². The zero-order chi connectivity index (χ0) is 18.7. The van der Waals surface area contributed by atoms with Crippen LogP contribution in [0.4, 0.5) is 0 Å². The predicted octanol–water partition coefficient (Wildman–Crippen LogP) is 0.795. The van der Waals surface area contributed by atoms with Crippen molar-refractivity contribution in [3.8, 4) is 0 Å². The van der Waals surface area contributed by atoms with Crippen molar-refractivity contribution < 1.29 is 18.3 Å². The number of hydrogen-bond donors (Lipinski definition) is 1. The van der Waals surface area contributed by atoms with Gasteiger partial charge in [-0.15, -0.1) is 0 Å². The Balaban J connectivity index is 2.05. The molecule has 1 aromatic rings. The van der Waals surface area contributed by atoms with Crippen molar-refractivity contribution in [3.05, 3.63) is 29.8 Å². The first-order valence-corrected chi connectivity index (χ1v) is 10.4. The Morgan fingerprint density at radius 1 is 1.28 bits per heavy atom. The van der Waals surface area contributed by atoms with Gasteiger partial charge in [0, 0.05) is 31.3 Å². The first-order chi connectivity index (χ1) is 11.6. The molecule has 0 spiro atoms. The average molecular weight is 368 g/mol. The molecule has 7 heteroatoms. The molecule has 140 valence electrons. The number of sulfone groups is 1. The SMILES string of the molecule is CN(C)C[C@]1(CO)CCCN(C(=O)Cc2ccc(S(C)(=O)=O)cc2)C1. The summed E-state index contributed by atoms with van der Waals surface area (Å²) in [6.45, 7) is 2.08. The van der Waals surface area contributed by atoms with E-state index in [4.69, 9.17) is 0 Å². The van der Waals surface area contributed by atoms with Crippen molar-refractivity contribution in [2.45, 2.75) is 24.2 Å². The minimum atomic E-state index is -3.23. The molecule has 0 aromatic heterocycles. The van der Waals surface area contributed by atoms with Gasteiger partial charge in [0.25, 0.3) is 0 Å². The van der Waals surface area contributed by atoms with Gasteiger partial charge in [0.15, 0.2) is 9.84 Å². The fourth-order valence-electron chi connectivity index (χ4n) is 3.54. The molecule has 0 aliphatic carbocycles. The highest BCUT2D eigenvalue weighted by molar-refractivity contribution is 7.90. The Morgan fingerprint density at radius 3 is 2.44 bits per heavy atom.